The molecule has 1 aromatic carbocycles. The van der Waals surface area contributed by atoms with Gasteiger partial charge in [0.2, 0.25) is 5.91 Å². The number of carbonyl (C=O) groups is 1. The minimum atomic E-state index is 0.0816. The van der Waals surface area contributed by atoms with E-state index in [2.05, 4.69) is 34.7 Å². The first-order chi connectivity index (χ1) is 7.77. The standard InChI is InChI=1S/C13H16INO/c14-12(10-11-6-2-1-3-7-11)13(16)15-8-4-5-9-15/h1-3,6-7,12H,4-5,8-10H2. The zero-order chi connectivity index (χ0) is 11.4. The molecule has 0 bridgehead atoms. The number of benzene rings is 1. The van der Waals surface area contributed by atoms with E-state index >= 15 is 0 Å². The molecule has 1 saturated heterocycles. The molecule has 1 heterocycles. The summed E-state index contributed by atoms with van der Waals surface area (Å²) in [6.07, 6.45) is 3.18. The highest BCUT2D eigenvalue weighted by Crippen LogP contribution is 2.17. The third kappa shape index (κ3) is 2.97. The van der Waals surface area contributed by atoms with E-state index in [0.29, 0.717) is 5.91 Å². The second-order valence-corrected chi connectivity index (χ2v) is 5.69. The van der Waals surface area contributed by atoms with Crippen LogP contribution >= 0.6 is 22.6 Å². The smallest absolute Gasteiger partial charge is 0.235 e. The SMILES string of the molecule is O=C(C(I)Cc1ccccc1)N1CCCC1. The minimum Gasteiger partial charge on any atom is -0.342 e. The molecule has 0 saturated carbocycles. The van der Waals surface area contributed by atoms with Crippen LogP contribution in [0.1, 0.15) is 18.4 Å². The molecule has 1 aromatic rings. The quantitative estimate of drug-likeness (QED) is 0.617. The molecule has 1 aliphatic rings. The first-order valence-corrected chi connectivity index (χ1v) is 6.99. The summed E-state index contributed by atoms with van der Waals surface area (Å²) in [6.45, 7) is 1.90. The highest BCUT2D eigenvalue weighted by molar-refractivity contribution is 14.1. The van der Waals surface area contributed by atoms with Gasteiger partial charge in [-0.15, -0.1) is 0 Å². The van der Waals surface area contributed by atoms with Crippen molar-refractivity contribution in [3.05, 3.63) is 35.9 Å². The summed E-state index contributed by atoms with van der Waals surface area (Å²) in [5, 5.41) is 0. The molecule has 0 N–H and O–H groups in total. The molecule has 2 nitrogen and oxygen atoms in total. The van der Waals surface area contributed by atoms with Crippen LogP contribution in [0.15, 0.2) is 30.3 Å². The van der Waals surface area contributed by atoms with E-state index in [1.165, 1.54) is 18.4 Å². The van der Waals surface area contributed by atoms with Crippen molar-refractivity contribution in [1.82, 2.24) is 4.90 Å². The van der Waals surface area contributed by atoms with E-state index in [1.54, 1.807) is 0 Å². The predicted octanol–water partition coefficient (Wildman–Crippen LogP) is 2.66. The number of likely N-dealkylation sites (tertiary alicyclic amines) is 1. The van der Waals surface area contributed by atoms with E-state index in [-0.39, 0.29) is 3.92 Å². The number of halogens is 1. The van der Waals surface area contributed by atoms with Gasteiger partial charge < -0.3 is 4.90 Å². The molecule has 86 valence electrons. The van der Waals surface area contributed by atoms with Crippen molar-refractivity contribution < 1.29 is 4.79 Å². The largest absolute Gasteiger partial charge is 0.342 e. The van der Waals surface area contributed by atoms with Crippen molar-refractivity contribution in [3.63, 3.8) is 0 Å². The molecule has 0 aromatic heterocycles. The lowest BCUT2D eigenvalue weighted by Crippen LogP contribution is -2.35. The van der Waals surface area contributed by atoms with Crippen LogP contribution in [-0.2, 0) is 11.2 Å². The average molecular weight is 329 g/mol. The van der Waals surface area contributed by atoms with Gasteiger partial charge in [0.05, 0.1) is 3.92 Å². The molecule has 1 atom stereocenters. The van der Waals surface area contributed by atoms with Gasteiger partial charge in [0, 0.05) is 13.1 Å². The maximum atomic E-state index is 12.1. The predicted molar refractivity (Wildman–Crippen MR) is 73.8 cm³/mol. The summed E-state index contributed by atoms with van der Waals surface area (Å²) >= 11 is 2.27. The Morgan fingerprint density at radius 2 is 1.88 bits per heavy atom. The second-order valence-electron chi connectivity index (χ2n) is 4.19. The Labute approximate surface area is 110 Å². The summed E-state index contributed by atoms with van der Waals surface area (Å²) in [7, 11) is 0. The summed E-state index contributed by atoms with van der Waals surface area (Å²) in [5.41, 5.74) is 1.24. The average Bonchev–Trinajstić information content (AvgIpc) is 2.83. The molecular formula is C13H16INO. The first kappa shape index (κ1) is 11.9. The molecule has 1 unspecified atom stereocenters. The fraction of sp³-hybridized carbons (Fsp3) is 0.462. The van der Waals surface area contributed by atoms with Crippen LogP contribution in [0.5, 0.6) is 0 Å². The van der Waals surface area contributed by atoms with Gasteiger partial charge in [-0.25, -0.2) is 0 Å². The third-order valence-electron chi connectivity index (χ3n) is 2.94. The molecule has 0 aliphatic carbocycles. The van der Waals surface area contributed by atoms with E-state index in [9.17, 15) is 4.79 Å². The highest BCUT2D eigenvalue weighted by Gasteiger charge is 2.24. The fourth-order valence-electron chi connectivity index (χ4n) is 2.04. The molecule has 0 spiro atoms. The topological polar surface area (TPSA) is 20.3 Å². The number of carbonyl (C=O) groups excluding carboxylic acids is 1. The molecular weight excluding hydrogens is 313 g/mol. The van der Waals surface area contributed by atoms with E-state index in [4.69, 9.17) is 0 Å². The van der Waals surface area contributed by atoms with Crippen LogP contribution in [0.25, 0.3) is 0 Å². The van der Waals surface area contributed by atoms with E-state index in [0.717, 1.165) is 19.5 Å². The third-order valence-corrected chi connectivity index (χ3v) is 3.92. The van der Waals surface area contributed by atoms with Crippen LogP contribution in [0.2, 0.25) is 0 Å². The number of hydrogen-bond acceptors (Lipinski definition) is 1. The number of hydrogen-bond donors (Lipinski definition) is 0. The zero-order valence-electron chi connectivity index (χ0n) is 9.23. The number of amides is 1. The van der Waals surface area contributed by atoms with Crippen LogP contribution in [-0.4, -0.2) is 27.8 Å². The summed E-state index contributed by atoms with van der Waals surface area (Å²) in [6, 6.07) is 10.2. The van der Waals surface area contributed by atoms with Crippen LogP contribution in [0.4, 0.5) is 0 Å². The highest BCUT2D eigenvalue weighted by atomic mass is 127. The Morgan fingerprint density at radius 1 is 1.25 bits per heavy atom. The monoisotopic (exact) mass is 329 g/mol. The molecule has 16 heavy (non-hydrogen) atoms. The lowest BCUT2D eigenvalue weighted by Gasteiger charge is -2.19. The molecule has 1 amide bonds. The van der Waals surface area contributed by atoms with Crippen molar-refractivity contribution in [2.24, 2.45) is 0 Å². The summed E-state index contributed by atoms with van der Waals surface area (Å²) in [5.74, 6) is 0.307. The van der Waals surface area contributed by atoms with E-state index < -0.39 is 0 Å². The Balaban J connectivity index is 1.92. The lowest BCUT2D eigenvalue weighted by atomic mass is 10.1. The van der Waals surface area contributed by atoms with Crippen LogP contribution < -0.4 is 0 Å². The van der Waals surface area contributed by atoms with Gasteiger partial charge in [0.25, 0.3) is 0 Å². The summed E-state index contributed by atoms with van der Waals surface area (Å²) < 4.78 is 0.0816. The summed E-state index contributed by atoms with van der Waals surface area (Å²) in [4.78, 5) is 14.1. The molecule has 3 heteroatoms. The van der Waals surface area contributed by atoms with Gasteiger partial charge in [0.1, 0.15) is 0 Å². The molecule has 1 fully saturated rings. The second kappa shape index (κ2) is 5.66. The van der Waals surface area contributed by atoms with Crippen molar-refractivity contribution in [1.29, 1.82) is 0 Å². The molecule has 1 aliphatic heterocycles. The van der Waals surface area contributed by atoms with Gasteiger partial charge >= 0.3 is 0 Å². The maximum absolute atomic E-state index is 12.1. The zero-order valence-corrected chi connectivity index (χ0v) is 11.4. The number of nitrogens with zero attached hydrogens (tertiary/aromatic N) is 1. The van der Waals surface area contributed by atoms with Crippen molar-refractivity contribution >= 4 is 28.5 Å². The van der Waals surface area contributed by atoms with Gasteiger partial charge in [-0.05, 0) is 24.8 Å². The van der Waals surface area contributed by atoms with E-state index in [1.807, 2.05) is 23.1 Å². The first-order valence-electron chi connectivity index (χ1n) is 5.74. The molecule has 0 radical (unpaired) electrons. The van der Waals surface area contributed by atoms with Gasteiger partial charge in [-0.3, -0.25) is 4.79 Å². The van der Waals surface area contributed by atoms with Crippen LogP contribution in [0.3, 0.4) is 0 Å². The normalized spacial score (nSPS) is 17.4. The number of alkyl halides is 1. The lowest BCUT2D eigenvalue weighted by molar-refractivity contribution is -0.129. The fourth-order valence-corrected chi connectivity index (χ4v) is 2.95. The van der Waals surface area contributed by atoms with Gasteiger partial charge in [-0.2, -0.15) is 0 Å². The van der Waals surface area contributed by atoms with Gasteiger partial charge in [0.15, 0.2) is 0 Å². The minimum absolute atomic E-state index is 0.0816. The van der Waals surface area contributed by atoms with Crippen LogP contribution in [0, 0.1) is 0 Å². The van der Waals surface area contributed by atoms with Crippen molar-refractivity contribution in [2.75, 3.05) is 13.1 Å². The van der Waals surface area contributed by atoms with Crippen molar-refractivity contribution in [3.8, 4) is 0 Å². The van der Waals surface area contributed by atoms with Crippen molar-refractivity contribution in [2.45, 2.75) is 23.2 Å². The Hall–Kier alpha value is -0.580. The van der Waals surface area contributed by atoms with Gasteiger partial charge in [-0.1, -0.05) is 52.9 Å². The Kier molecular flexibility index (Phi) is 4.21. The number of rotatable bonds is 3. The Morgan fingerprint density at radius 3 is 2.50 bits per heavy atom. The maximum Gasteiger partial charge on any atom is 0.235 e. The molecule has 2 rings (SSSR count). The Bertz CT molecular complexity index is 346.